The Morgan fingerprint density at radius 3 is 2.47 bits per heavy atom. The van der Waals surface area contributed by atoms with E-state index >= 15 is 0 Å². The largest absolute Gasteiger partial charge is 0.481 e. The van der Waals surface area contributed by atoms with Gasteiger partial charge in [0.15, 0.2) is 0 Å². The fraction of sp³-hybridized carbons (Fsp3) is 0.417. The Bertz CT molecular complexity index is 360. The summed E-state index contributed by atoms with van der Waals surface area (Å²) < 4.78 is 0. The second-order valence-electron chi connectivity index (χ2n) is 4.15. The van der Waals surface area contributed by atoms with Crippen molar-refractivity contribution in [1.29, 1.82) is 0 Å². The van der Waals surface area contributed by atoms with E-state index in [9.17, 15) is 15.0 Å². The summed E-state index contributed by atoms with van der Waals surface area (Å²) in [6, 6.07) is 9.19. The first-order valence-corrected chi connectivity index (χ1v) is 5.12. The first-order valence-electron chi connectivity index (χ1n) is 5.12. The van der Waals surface area contributed by atoms with Gasteiger partial charge in [0.25, 0.3) is 0 Å². The number of carboxylic acids is 1. The molecule has 2 atom stereocenters. The van der Waals surface area contributed by atoms with Gasteiger partial charge in [-0.1, -0.05) is 30.3 Å². The van der Waals surface area contributed by atoms with Crippen LogP contribution in [0.3, 0.4) is 0 Å². The monoisotopic (exact) mass is 206 g/mol. The minimum Gasteiger partial charge on any atom is -0.481 e. The second-order valence-corrected chi connectivity index (χ2v) is 4.15. The van der Waals surface area contributed by atoms with Crippen LogP contribution in [0.5, 0.6) is 0 Å². The fourth-order valence-corrected chi connectivity index (χ4v) is 2.36. The van der Waals surface area contributed by atoms with Crippen molar-refractivity contribution in [1.82, 2.24) is 0 Å². The van der Waals surface area contributed by atoms with Gasteiger partial charge in [-0.2, -0.15) is 0 Å². The molecule has 1 saturated carbocycles. The molecule has 0 radical (unpaired) electrons. The predicted octanol–water partition coefficient (Wildman–Crippen LogP) is 1.55. The maximum Gasteiger partial charge on any atom is 0.314 e. The predicted molar refractivity (Wildman–Crippen MR) is 55.6 cm³/mol. The lowest BCUT2D eigenvalue weighted by Crippen LogP contribution is -2.33. The molecule has 15 heavy (non-hydrogen) atoms. The van der Waals surface area contributed by atoms with Gasteiger partial charge in [-0.3, -0.25) is 4.79 Å². The molecule has 1 fully saturated rings. The highest BCUT2D eigenvalue weighted by atomic mass is 16.4. The molecule has 0 aromatic heterocycles. The van der Waals surface area contributed by atoms with Gasteiger partial charge in [-0.05, 0) is 24.8 Å². The lowest BCUT2D eigenvalue weighted by Gasteiger charge is -2.24. The minimum absolute atomic E-state index is 0.326. The summed E-state index contributed by atoms with van der Waals surface area (Å²) >= 11 is 0. The number of aliphatic hydroxyl groups excluding tert-OH is 1. The summed E-state index contributed by atoms with van der Waals surface area (Å²) in [5.74, 6) is -0.828. The summed E-state index contributed by atoms with van der Waals surface area (Å²) in [5, 5.41) is 18.8. The molecule has 0 amide bonds. The van der Waals surface area contributed by atoms with Gasteiger partial charge in [0, 0.05) is 0 Å². The van der Waals surface area contributed by atoms with Crippen molar-refractivity contribution in [3.63, 3.8) is 0 Å². The Hall–Kier alpha value is -1.35. The summed E-state index contributed by atoms with van der Waals surface area (Å²) in [4.78, 5) is 11.4. The normalized spacial score (nSPS) is 30.3. The summed E-state index contributed by atoms with van der Waals surface area (Å²) in [6.45, 7) is 0. The Labute approximate surface area is 88.4 Å². The van der Waals surface area contributed by atoms with E-state index < -0.39 is 17.5 Å². The van der Waals surface area contributed by atoms with Gasteiger partial charge in [-0.25, -0.2) is 0 Å². The van der Waals surface area contributed by atoms with E-state index in [0.29, 0.717) is 19.3 Å². The SMILES string of the molecule is O=C(O)C1(c2ccccc2)CCC(O)C1. The van der Waals surface area contributed by atoms with Crippen LogP contribution in [0.4, 0.5) is 0 Å². The van der Waals surface area contributed by atoms with Crippen LogP contribution in [-0.2, 0) is 10.2 Å². The highest BCUT2D eigenvalue weighted by Gasteiger charge is 2.46. The number of hydrogen-bond acceptors (Lipinski definition) is 2. The fourth-order valence-electron chi connectivity index (χ4n) is 2.36. The number of hydrogen-bond donors (Lipinski definition) is 2. The topological polar surface area (TPSA) is 57.5 Å². The molecule has 1 aromatic carbocycles. The van der Waals surface area contributed by atoms with E-state index in [0.717, 1.165) is 5.56 Å². The zero-order chi connectivity index (χ0) is 10.9. The van der Waals surface area contributed by atoms with Crippen molar-refractivity contribution in [2.24, 2.45) is 0 Å². The number of carbonyl (C=O) groups is 1. The summed E-state index contributed by atoms with van der Waals surface area (Å²) in [5.41, 5.74) is -0.0743. The number of carboxylic acid groups (broad SMARTS) is 1. The van der Waals surface area contributed by atoms with Gasteiger partial charge in [0.2, 0.25) is 0 Å². The molecule has 0 saturated heterocycles. The summed E-state index contributed by atoms with van der Waals surface area (Å²) in [6.07, 6.45) is 0.933. The number of aliphatic carboxylic acids is 1. The molecule has 1 aromatic rings. The van der Waals surface area contributed by atoms with Crippen molar-refractivity contribution < 1.29 is 15.0 Å². The highest BCUT2D eigenvalue weighted by Crippen LogP contribution is 2.41. The third-order valence-corrected chi connectivity index (χ3v) is 3.22. The van der Waals surface area contributed by atoms with E-state index in [1.165, 1.54) is 0 Å². The third kappa shape index (κ3) is 1.63. The van der Waals surface area contributed by atoms with Crippen LogP contribution in [0.1, 0.15) is 24.8 Å². The molecule has 2 unspecified atom stereocenters. The molecule has 3 nitrogen and oxygen atoms in total. The number of aliphatic hydroxyl groups is 1. The molecule has 0 aliphatic heterocycles. The molecule has 80 valence electrons. The summed E-state index contributed by atoms with van der Waals surface area (Å²) in [7, 11) is 0. The number of benzene rings is 1. The molecule has 2 N–H and O–H groups in total. The molecule has 3 heteroatoms. The van der Waals surface area contributed by atoms with E-state index in [4.69, 9.17) is 0 Å². The van der Waals surface area contributed by atoms with E-state index in [1.807, 2.05) is 30.3 Å². The first kappa shape index (κ1) is 10.2. The second kappa shape index (κ2) is 3.66. The maximum atomic E-state index is 11.4. The van der Waals surface area contributed by atoms with Crippen LogP contribution in [0, 0.1) is 0 Å². The Morgan fingerprint density at radius 2 is 2.00 bits per heavy atom. The quantitative estimate of drug-likeness (QED) is 0.772. The van der Waals surface area contributed by atoms with Gasteiger partial charge < -0.3 is 10.2 Å². The average molecular weight is 206 g/mol. The minimum atomic E-state index is -0.874. The zero-order valence-corrected chi connectivity index (χ0v) is 8.39. The van der Waals surface area contributed by atoms with Crippen molar-refractivity contribution in [3.05, 3.63) is 35.9 Å². The number of rotatable bonds is 2. The molecular formula is C12H14O3. The van der Waals surface area contributed by atoms with Gasteiger partial charge in [0.1, 0.15) is 0 Å². The lowest BCUT2D eigenvalue weighted by molar-refractivity contribution is -0.144. The lowest BCUT2D eigenvalue weighted by atomic mass is 9.79. The van der Waals surface area contributed by atoms with Crippen LogP contribution >= 0.6 is 0 Å². The van der Waals surface area contributed by atoms with E-state index in [2.05, 4.69) is 0 Å². The molecule has 0 heterocycles. The smallest absolute Gasteiger partial charge is 0.314 e. The molecule has 2 rings (SSSR count). The van der Waals surface area contributed by atoms with Crippen LogP contribution in [0.15, 0.2) is 30.3 Å². The Kier molecular flexibility index (Phi) is 2.49. The molecule has 1 aliphatic rings. The van der Waals surface area contributed by atoms with Gasteiger partial charge >= 0.3 is 5.97 Å². The Morgan fingerprint density at radius 1 is 1.33 bits per heavy atom. The maximum absolute atomic E-state index is 11.4. The van der Waals surface area contributed by atoms with Gasteiger partial charge in [-0.15, -0.1) is 0 Å². The average Bonchev–Trinajstić information content (AvgIpc) is 2.63. The van der Waals surface area contributed by atoms with Crippen LogP contribution < -0.4 is 0 Å². The van der Waals surface area contributed by atoms with Crippen LogP contribution in [0.2, 0.25) is 0 Å². The highest BCUT2D eigenvalue weighted by molar-refractivity contribution is 5.82. The van der Waals surface area contributed by atoms with E-state index in [-0.39, 0.29) is 0 Å². The first-order chi connectivity index (χ1) is 7.15. The van der Waals surface area contributed by atoms with Crippen LogP contribution in [-0.4, -0.2) is 22.3 Å². The molecule has 0 bridgehead atoms. The zero-order valence-electron chi connectivity index (χ0n) is 8.39. The van der Waals surface area contributed by atoms with Crippen molar-refractivity contribution in [2.75, 3.05) is 0 Å². The molecular weight excluding hydrogens is 192 g/mol. The van der Waals surface area contributed by atoms with Crippen molar-refractivity contribution in [2.45, 2.75) is 30.8 Å². The molecule has 0 spiro atoms. The van der Waals surface area contributed by atoms with Crippen LogP contribution in [0.25, 0.3) is 0 Å². The molecule has 1 aliphatic carbocycles. The van der Waals surface area contributed by atoms with Gasteiger partial charge in [0.05, 0.1) is 11.5 Å². The van der Waals surface area contributed by atoms with Crippen molar-refractivity contribution in [3.8, 4) is 0 Å². The van der Waals surface area contributed by atoms with E-state index in [1.54, 1.807) is 0 Å². The third-order valence-electron chi connectivity index (χ3n) is 3.22. The van der Waals surface area contributed by atoms with Crippen molar-refractivity contribution >= 4 is 5.97 Å². The Balaban J connectivity index is 2.41. The standard InChI is InChI=1S/C12H14O3/c13-10-6-7-12(8-10,11(14)15)9-4-2-1-3-5-9/h1-5,10,13H,6-8H2,(H,14,15).